The molecule has 0 aromatic heterocycles. The molecule has 0 saturated carbocycles. The van der Waals surface area contributed by atoms with Crippen molar-refractivity contribution in [3.8, 4) is 0 Å². The second kappa shape index (κ2) is 5.38. The molecule has 0 unspecified atom stereocenters. The Kier molecular flexibility index (Phi) is 3.74. The first kappa shape index (κ1) is 13.9. The van der Waals surface area contributed by atoms with E-state index in [9.17, 15) is 4.79 Å². The molecule has 2 bridgehead atoms. The summed E-state index contributed by atoms with van der Waals surface area (Å²) in [5, 5.41) is 6.86. The first-order valence-corrected chi connectivity index (χ1v) is 7.43. The number of carbonyl (C=O) groups excluding carboxylic acids is 1. The van der Waals surface area contributed by atoms with E-state index in [0.29, 0.717) is 18.1 Å². The number of nitrogens with one attached hydrogen (secondary N) is 2. The number of hydrogen-bond donors (Lipinski definition) is 2. The Labute approximate surface area is 125 Å². The van der Waals surface area contributed by atoms with Gasteiger partial charge in [0.25, 0.3) is 0 Å². The highest BCUT2D eigenvalue weighted by atomic mass is 35.5. The van der Waals surface area contributed by atoms with Crippen molar-refractivity contribution >= 4 is 18.3 Å². The van der Waals surface area contributed by atoms with Crippen LogP contribution >= 0.6 is 12.4 Å². The number of benzene rings is 1. The molecule has 20 heavy (non-hydrogen) atoms. The fourth-order valence-electron chi connectivity index (χ4n) is 4.03. The van der Waals surface area contributed by atoms with Gasteiger partial charge in [0.05, 0.1) is 0 Å². The van der Waals surface area contributed by atoms with Gasteiger partial charge < -0.3 is 10.6 Å². The van der Waals surface area contributed by atoms with E-state index in [4.69, 9.17) is 0 Å². The number of carbonyl (C=O) groups is 1. The van der Waals surface area contributed by atoms with Gasteiger partial charge in [0, 0.05) is 24.0 Å². The zero-order chi connectivity index (χ0) is 12.8. The number of hydrogen-bond acceptors (Lipinski definition) is 2. The molecule has 2 saturated heterocycles. The van der Waals surface area contributed by atoms with E-state index in [1.54, 1.807) is 0 Å². The predicted octanol–water partition coefficient (Wildman–Crippen LogP) is 1.83. The van der Waals surface area contributed by atoms with Gasteiger partial charge in [-0.15, -0.1) is 12.4 Å². The maximum Gasteiger partial charge on any atom is 0.224 e. The van der Waals surface area contributed by atoms with Crippen LogP contribution in [0.3, 0.4) is 0 Å². The number of fused-ring (bicyclic) bond motifs is 3. The number of rotatable bonds is 2. The molecular formula is C16H21ClN2O. The van der Waals surface area contributed by atoms with Gasteiger partial charge in [-0.1, -0.05) is 24.3 Å². The standard InChI is InChI=1S/C16H20N2O.ClH/c19-16(18-15-9-13-5-6-14(15)17-13)12-7-10-3-1-2-4-11(10)8-12;/h1-4,12-15,17H,5-9H2,(H,18,19);1H/t13-,14+,15+;/m1./s1. The zero-order valence-electron chi connectivity index (χ0n) is 11.5. The molecule has 0 radical (unpaired) electrons. The number of halogens is 1. The monoisotopic (exact) mass is 292 g/mol. The van der Waals surface area contributed by atoms with Crippen LogP contribution in [-0.2, 0) is 17.6 Å². The lowest BCUT2D eigenvalue weighted by atomic mass is 9.94. The summed E-state index contributed by atoms with van der Waals surface area (Å²) in [5.74, 6) is 0.409. The Morgan fingerprint density at radius 1 is 1.15 bits per heavy atom. The second-order valence-corrected chi connectivity index (χ2v) is 6.27. The maximum atomic E-state index is 12.4. The van der Waals surface area contributed by atoms with Crippen LogP contribution in [0.25, 0.3) is 0 Å². The van der Waals surface area contributed by atoms with E-state index in [2.05, 4.69) is 34.9 Å². The van der Waals surface area contributed by atoms with Gasteiger partial charge in [0.2, 0.25) is 5.91 Å². The van der Waals surface area contributed by atoms with Gasteiger partial charge >= 0.3 is 0 Å². The molecule has 2 heterocycles. The predicted molar refractivity (Wildman–Crippen MR) is 81.1 cm³/mol. The smallest absolute Gasteiger partial charge is 0.224 e. The molecule has 1 amide bonds. The third kappa shape index (κ3) is 2.33. The lowest BCUT2D eigenvalue weighted by molar-refractivity contribution is -0.125. The van der Waals surface area contributed by atoms with Gasteiger partial charge in [0.1, 0.15) is 0 Å². The first-order chi connectivity index (χ1) is 9.29. The average molecular weight is 293 g/mol. The first-order valence-electron chi connectivity index (χ1n) is 7.43. The minimum atomic E-state index is 0. The van der Waals surface area contributed by atoms with E-state index in [-0.39, 0.29) is 24.2 Å². The molecule has 3 aliphatic rings. The highest BCUT2D eigenvalue weighted by molar-refractivity contribution is 5.85. The van der Waals surface area contributed by atoms with Crippen molar-refractivity contribution in [2.75, 3.05) is 0 Å². The zero-order valence-corrected chi connectivity index (χ0v) is 12.3. The van der Waals surface area contributed by atoms with Crippen molar-refractivity contribution in [2.24, 2.45) is 5.92 Å². The summed E-state index contributed by atoms with van der Waals surface area (Å²) >= 11 is 0. The van der Waals surface area contributed by atoms with Gasteiger partial charge in [-0.3, -0.25) is 4.79 Å². The molecule has 1 aliphatic carbocycles. The van der Waals surface area contributed by atoms with Crippen LogP contribution in [0, 0.1) is 5.92 Å². The fraction of sp³-hybridized carbons (Fsp3) is 0.562. The fourth-order valence-corrected chi connectivity index (χ4v) is 4.03. The molecule has 4 heteroatoms. The Morgan fingerprint density at radius 2 is 1.85 bits per heavy atom. The lowest BCUT2D eigenvalue weighted by Gasteiger charge is -2.23. The Bertz CT molecular complexity index is 494. The van der Waals surface area contributed by atoms with Crippen LogP contribution in [0.4, 0.5) is 0 Å². The minimum absolute atomic E-state index is 0. The molecule has 1 aromatic rings. The Hall–Kier alpha value is -1.06. The molecule has 3 nitrogen and oxygen atoms in total. The highest BCUT2D eigenvalue weighted by Gasteiger charge is 2.40. The van der Waals surface area contributed by atoms with Crippen LogP contribution in [-0.4, -0.2) is 24.0 Å². The van der Waals surface area contributed by atoms with Crippen molar-refractivity contribution in [3.05, 3.63) is 35.4 Å². The molecule has 4 rings (SSSR count). The molecule has 2 N–H and O–H groups in total. The van der Waals surface area contributed by atoms with Crippen molar-refractivity contribution in [1.29, 1.82) is 0 Å². The van der Waals surface area contributed by atoms with Crippen molar-refractivity contribution in [2.45, 2.75) is 50.2 Å². The summed E-state index contributed by atoms with van der Waals surface area (Å²) in [6.45, 7) is 0. The average Bonchev–Trinajstić information content (AvgIpc) is 3.12. The molecule has 3 atom stereocenters. The summed E-state index contributed by atoms with van der Waals surface area (Å²) in [6, 6.07) is 9.99. The lowest BCUT2D eigenvalue weighted by Crippen LogP contribution is -2.45. The summed E-state index contributed by atoms with van der Waals surface area (Å²) in [4.78, 5) is 12.4. The molecule has 108 valence electrons. The van der Waals surface area contributed by atoms with E-state index in [1.807, 2.05) is 0 Å². The second-order valence-electron chi connectivity index (χ2n) is 6.27. The van der Waals surface area contributed by atoms with E-state index in [1.165, 1.54) is 24.0 Å². The van der Waals surface area contributed by atoms with Gasteiger partial charge in [-0.25, -0.2) is 0 Å². The largest absolute Gasteiger partial charge is 0.351 e. The van der Waals surface area contributed by atoms with Crippen LogP contribution < -0.4 is 10.6 Å². The van der Waals surface area contributed by atoms with E-state index >= 15 is 0 Å². The van der Waals surface area contributed by atoms with Gasteiger partial charge in [0.15, 0.2) is 0 Å². The third-order valence-electron chi connectivity index (χ3n) is 5.05. The number of amides is 1. The molecule has 0 spiro atoms. The van der Waals surface area contributed by atoms with Crippen LogP contribution in [0.2, 0.25) is 0 Å². The van der Waals surface area contributed by atoms with E-state index < -0.39 is 0 Å². The summed E-state index contributed by atoms with van der Waals surface area (Å²) in [5.41, 5.74) is 2.71. The van der Waals surface area contributed by atoms with Gasteiger partial charge in [-0.2, -0.15) is 0 Å². The summed E-state index contributed by atoms with van der Waals surface area (Å²) in [7, 11) is 0. The van der Waals surface area contributed by atoms with Crippen molar-refractivity contribution < 1.29 is 4.79 Å². The topological polar surface area (TPSA) is 41.1 Å². The van der Waals surface area contributed by atoms with Gasteiger partial charge in [-0.05, 0) is 43.2 Å². The van der Waals surface area contributed by atoms with Crippen LogP contribution in [0.1, 0.15) is 30.4 Å². The van der Waals surface area contributed by atoms with E-state index in [0.717, 1.165) is 19.3 Å². The molecule has 1 aromatic carbocycles. The Morgan fingerprint density at radius 3 is 2.40 bits per heavy atom. The van der Waals surface area contributed by atoms with Crippen LogP contribution in [0.15, 0.2) is 24.3 Å². The molecule has 2 aliphatic heterocycles. The SMILES string of the molecule is Cl.O=C(N[C@H]1C[C@H]2CC[C@@H]1N2)C1Cc2ccccc2C1. The minimum Gasteiger partial charge on any atom is -0.351 e. The van der Waals surface area contributed by atoms with Crippen molar-refractivity contribution in [3.63, 3.8) is 0 Å². The maximum absolute atomic E-state index is 12.4. The van der Waals surface area contributed by atoms with Crippen molar-refractivity contribution in [1.82, 2.24) is 10.6 Å². The third-order valence-corrected chi connectivity index (χ3v) is 5.05. The molecular weight excluding hydrogens is 272 g/mol. The summed E-state index contributed by atoms with van der Waals surface area (Å²) < 4.78 is 0. The molecule has 2 fully saturated rings. The summed E-state index contributed by atoms with van der Waals surface area (Å²) in [6.07, 6.45) is 5.45. The normalized spacial score (nSPS) is 30.9. The van der Waals surface area contributed by atoms with Crippen LogP contribution in [0.5, 0.6) is 0 Å². The Balaban J connectivity index is 0.00000121. The quantitative estimate of drug-likeness (QED) is 0.873. The highest BCUT2D eigenvalue weighted by Crippen LogP contribution is 2.30.